The second kappa shape index (κ2) is 6.05. The van der Waals surface area contributed by atoms with E-state index in [0.717, 1.165) is 0 Å². The maximum absolute atomic E-state index is 11.1. The fraction of sp³-hybridized carbons (Fsp3) is 0.769. The molecule has 0 spiro atoms. The topological polar surface area (TPSA) is 60.8 Å². The molecule has 0 saturated heterocycles. The van der Waals surface area contributed by atoms with Gasteiger partial charge in [0.25, 0.3) is 0 Å². The van der Waals surface area contributed by atoms with E-state index in [0.29, 0.717) is 25.8 Å². The van der Waals surface area contributed by atoms with Crippen LogP contribution in [0.2, 0.25) is 0 Å². The quantitative estimate of drug-likeness (QED) is 0.705. The van der Waals surface area contributed by atoms with E-state index in [4.69, 9.17) is 5.11 Å². The average Bonchev–Trinajstić information content (AvgIpc) is 2.09. The third kappa shape index (κ3) is 6.31. The van der Waals surface area contributed by atoms with Crippen LogP contribution in [0.15, 0.2) is 12.7 Å². The minimum atomic E-state index is -0.916. The lowest BCUT2D eigenvalue weighted by molar-refractivity contribution is 0.0430. The predicted octanol–water partition coefficient (Wildman–Crippen LogP) is 2.87. The van der Waals surface area contributed by atoms with Crippen molar-refractivity contribution in [3.63, 3.8) is 0 Å². The number of nitrogens with zero attached hydrogens (tertiary/aromatic N) is 1. The zero-order valence-electron chi connectivity index (χ0n) is 11.4. The monoisotopic (exact) mass is 243 g/mol. The van der Waals surface area contributed by atoms with Gasteiger partial charge in [-0.05, 0) is 47.0 Å². The summed E-state index contributed by atoms with van der Waals surface area (Å²) < 4.78 is 0. The Bertz CT molecular complexity index is 266. The van der Waals surface area contributed by atoms with Gasteiger partial charge in [0, 0.05) is 12.1 Å². The minimum Gasteiger partial charge on any atom is -0.465 e. The summed E-state index contributed by atoms with van der Waals surface area (Å²) in [6, 6.07) is 0. The Morgan fingerprint density at radius 2 is 1.88 bits per heavy atom. The number of amides is 1. The molecule has 0 bridgehead atoms. The Morgan fingerprint density at radius 1 is 1.35 bits per heavy atom. The molecule has 4 heteroatoms. The predicted molar refractivity (Wildman–Crippen MR) is 69.2 cm³/mol. The van der Waals surface area contributed by atoms with Crippen molar-refractivity contribution < 1.29 is 15.0 Å². The summed E-state index contributed by atoms with van der Waals surface area (Å²) in [7, 11) is 0. The molecule has 0 aliphatic rings. The van der Waals surface area contributed by atoms with E-state index in [1.807, 2.05) is 20.8 Å². The molecule has 4 nitrogen and oxygen atoms in total. The highest BCUT2D eigenvalue weighted by atomic mass is 16.4. The molecule has 1 atom stereocenters. The van der Waals surface area contributed by atoms with Gasteiger partial charge in [0.2, 0.25) is 0 Å². The molecule has 0 rings (SSSR count). The van der Waals surface area contributed by atoms with Gasteiger partial charge in [-0.1, -0.05) is 6.08 Å². The Kier molecular flexibility index (Phi) is 5.69. The maximum atomic E-state index is 11.1. The van der Waals surface area contributed by atoms with Gasteiger partial charge in [0.1, 0.15) is 0 Å². The van der Waals surface area contributed by atoms with Crippen molar-refractivity contribution in [2.75, 3.05) is 6.54 Å². The van der Waals surface area contributed by atoms with Crippen molar-refractivity contribution >= 4 is 6.09 Å². The molecule has 2 N–H and O–H groups in total. The Morgan fingerprint density at radius 3 is 2.24 bits per heavy atom. The van der Waals surface area contributed by atoms with Crippen LogP contribution in [0.4, 0.5) is 4.79 Å². The number of rotatable bonds is 6. The van der Waals surface area contributed by atoms with Crippen LogP contribution in [0.3, 0.4) is 0 Å². The molecule has 0 aromatic rings. The second-order valence-electron chi connectivity index (χ2n) is 5.70. The van der Waals surface area contributed by atoms with E-state index >= 15 is 0 Å². The number of aliphatic hydroxyl groups is 1. The van der Waals surface area contributed by atoms with Gasteiger partial charge in [0.05, 0.1) is 5.60 Å². The van der Waals surface area contributed by atoms with E-state index in [-0.39, 0.29) is 0 Å². The number of carboxylic acid groups (broad SMARTS) is 1. The van der Waals surface area contributed by atoms with Gasteiger partial charge in [-0.3, -0.25) is 0 Å². The molecule has 0 saturated carbocycles. The summed E-state index contributed by atoms with van der Waals surface area (Å²) in [5.41, 5.74) is -1.19. The zero-order chi connectivity index (χ0) is 13.7. The van der Waals surface area contributed by atoms with E-state index in [9.17, 15) is 9.90 Å². The highest BCUT2D eigenvalue weighted by Crippen LogP contribution is 2.20. The normalized spacial score (nSPS) is 15.1. The van der Waals surface area contributed by atoms with Crippen molar-refractivity contribution in [1.29, 1.82) is 0 Å². The summed E-state index contributed by atoms with van der Waals surface area (Å²) in [6.07, 6.45) is 2.50. The summed E-state index contributed by atoms with van der Waals surface area (Å²) in [6.45, 7) is 11.4. The Labute approximate surface area is 104 Å². The number of carbonyl (C=O) groups is 1. The zero-order valence-corrected chi connectivity index (χ0v) is 11.4. The van der Waals surface area contributed by atoms with Gasteiger partial charge in [-0.15, -0.1) is 6.58 Å². The smallest absolute Gasteiger partial charge is 0.407 e. The minimum absolute atomic E-state index is 0.407. The second-order valence-corrected chi connectivity index (χ2v) is 5.70. The lowest BCUT2D eigenvalue weighted by Gasteiger charge is -2.34. The van der Waals surface area contributed by atoms with Crippen molar-refractivity contribution in [3.8, 4) is 0 Å². The van der Waals surface area contributed by atoms with Crippen LogP contribution >= 0.6 is 0 Å². The first kappa shape index (κ1) is 16.0. The molecule has 0 aliphatic heterocycles. The SMILES string of the molecule is C=CCC(C)(O)CCCN(C(=O)O)C(C)(C)C. The Balaban J connectivity index is 4.25. The van der Waals surface area contributed by atoms with Crippen molar-refractivity contribution in [1.82, 2.24) is 4.90 Å². The van der Waals surface area contributed by atoms with E-state index in [2.05, 4.69) is 6.58 Å². The molecule has 0 aromatic carbocycles. The highest BCUT2D eigenvalue weighted by Gasteiger charge is 2.26. The lowest BCUT2D eigenvalue weighted by Crippen LogP contribution is -2.45. The average molecular weight is 243 g/mol. The lowest BCUT2D eigenvalue weighted by atomic mass is 9.95. The first-order valence-corrected chi connectivity index (χ1v) is 5.94. The summed E-state index contributed by atoms with van der Waals surface area (Å²) in [5, 5.41) is 19.0. The van der Waals surface area contributed by atoms with Crippen LogP contribution in [-0.4, -0.2) is 38.9 Å². The van der Waals surface area contributed by atoms with Crippen LogP contribution in [0.1, 0.15) is 47.0 Å². The standard InChI is InChI=1S/C13H25NO3/c1-6-8-13(5,17)9-7-10-14(11(15)16)12(2,3)4/h6,17H,1,7-10H2,2-5H3,(H,15,16). The molecule has 0 aliphatic carbocycles. The molecular formula is C13H25NO3. The van der Waals surface area contributed by atoms with Crippen molar-refractivity contribution in [2.45, 2.75) is 58.1 Å². The van der Waals surface area contributed by atoms with Gasteiger partial charge in [-0.25, -0.2) is 4.79 Å². The number of hydrogen-bond acceptors (Lipinski definition) is 2. The fourth-order valence-electron chi connectivity index (χ4n) is 1.75. The van der Waals surface area contributed by atoms with Crippen LogP contribution in [-0.2, 0) is 0 Å². The summed E-state index contributed by atoms with van der Waals surface area (Å²) in [5.74, 6) is 0. The molecule has 0 radical (unpaired) electrons. The molecular weight excluding hydrogens is 218 g/mol. The van der Waals surface area contributed by atoms with Crippen LogP contribution in [0.25, 0.3) is 0 Å². The van der Waals surface area contributed by atoms with Crippen LogP contribution in [0.5, 0.6) is 0 Å². The van der Waals surface area contributed by atoms with Gasteiger partial charge < -0.3 is 15.1 Å². The molecule has 1 unspecified atom stereocenters. The highest BCUT2D eigenvalue weighted by molar-refractivity contribution is 5.65. The van der Waals surface area contributed by atoms with Crippen molar-refractivity contribution in [2.24, 2.45) is 0 Å². The first-order valence-electron chi connectivity index (χ1n) is 5.94. The Hall–Kier alpha value is -1.03. The van der Waals surface area contributed by atoms with Gasteiger partial charge in [-0.2, -0.15) is 0 Å². The molecule has 100 valence electrons. The third-order valence-electron chi connectivity index (χ3n) is 2.72. The molecule has 0 fully saturated rings. The van der Waals surface area contributed by atoms with E-state index in [1.165, 1.54) is 4.90 Å². The molecule has 0 heterocycles. The van der Waals surface area contributed by atoms with E-state index < -0.39 is 17.2 Å². The van der Waals surface area contributed by atoms with Crippen molar-refractivity contribution in [3.05, 3.63) is 12.7 Å². The number of hydrogen-bond donors (Lipinski definition) is 2. The maximum Gasteiger partial charge on any atom is 0.407 e. The largest absolute Gasteiger partial charge is 0.465 e. The van der Waals surface area contributed by atoms with E-state index in [1.54, 1.807) is 13.0 Å². The van der Waals surface area contributed by atoms with Gasteiger partial charge >= 0.3 is 6.09 Å². The molecule has 0 aromatic heterocycles. The molecule has 1 amide bonds. The third-order valence-corrected chi connectivity index (χ3v) is 2.72. The fourth-order valence-corrected chi connectivity index (χ4v) is 1.75. The van der Waals surface area contributed by atoms with Gasteiger partial charge in [0.15, 0.2) is 0 Å². The first-order chi connectivity index (χ1) is 7.60. The molecule has 17 heavy (non-hydrogen) atoms. The van der Waals surface area contributed by atoms with Crippen LogP contribution in [0, 0.1) is 0 Å². The van der Waals surface area contributed by atoms with Crippen LogP contribution < -0.4 is 0 Å². The summed E-state index contributed by atoms with van der Waals surface area (Å²) in [4.78, 5) is 12.5. The summed E-state index contributed by atoms with van der Waals surface area (Å²) >= 11 is 0.